The zero-order valence-electron chi connectivity index (χ0n) is 15.8. The molecule has 0 spiro atoms. The number of halogens is 1. The molecule has 0 saturated carbocycles. The van der Waals surface area contributed by atoms with Gasteiger partial charge < -0.3 is 10.6 Å². The van der Waals surface area contributed by atoms with Crippen LogP contribution in [-0.4, -0.2) is 11.8 Å². The van der Waals surface area contributed by atoms with Crippen LogP contribution in [0.25, 0.3) is 11.1 Å². The van der Waals surface area contributed by atoms with Crippen LogP contribution in [0.5, 0.6) is 0 Å². The Morgan fingerprint density at radius 2 is 1.48 bits per heavy atom. The minimum atomic E-state index is -0.531. The van der Waals surface area contributed by atoms with Crippen molar-refractivity contribution >= 4 is 23.4 Å². The molecule has 0 saturated heterocycles. The van der Waals surface area contributed by atoms with Gasteiger partial charge in [0.15, 0.2) is 5.78 Å². The molecule has 1 atom stereocenters. The number of carbonyl (C=O) groups excluding carboxylic acids is 2. The van der Waals surface area contributed by atoms with Crippen LogP contribution in [0, 0.1) is 0 Å². The van der Waals surface area contributed by atoms with E-state index in [2.05, 4.69) is 10.6 Å². The van der Waals surface area contributed by atoms with Gasteiger partial charge in [-0.2, -0.15) is 0 Å². The Balaban J connectivity index is 1.70. The van der Waals surface area contributed by atoms with E-state index in [0.29, 0.717) is 21.9 Å². The van der Waals surface area contributed by atoms with Crippen molar-refractivity contribution < 1.29 is 9.59 Å². The van der Waals surface area contributed by atoms with Crippen LogP contribution < -0.4 is 10.6 Å². The van der Waals surface area contributed by atoms with Gasteiger partial charge in [0.1, 0.15) is 0 Å². The number of benzene rings is 3. The quantitative estimate of drug-likeness (QED) is 0.564. The van der Waals surface area contributed by atoms with Crippen LogP contribution >= 0.6 is 11.6 Å². The molecule has 0 radical (unpaired) electrons. The summed E-state index contributed by atoms with van der Waals surface area (Å²) in [7, 11) is 0. The summed E-state index contributed by atoms with van der Waals surface area (Å²) in [4.78, 5) is 25.3. The maximum Gasteiger partial charge on any atom is 0.319 e. The molecule has 1 aliphatic heterocycles. The summed E-state index contributed by atoms with van der Waals surface area (Å²) in [5, 5.41) is 6.16. The van der Waals surface area contributed by atoms with E-state index >= 15 is 0 Å². The van der Waals surface area contributed by atoms with Gasteiger partial charge in [-0.25, -0.2) is 4.79 Å². The lowest BCUT2D eigenvalue weighted by Crippen LogP contribution is -2.45. The number of Topliss-reactive ketones (excluding diaryl/α,β-unsaturated/α-hetero) is 1. The molecule has 0 unspecified atom stereocenters. The summed E-state index contributed by atoms with van der Waals surface area (Å²) in [6.45, 7) is 1.74. The fraction of sp³-hybridized carbons (Fsp3) is 0.0833. The van der Waals surface area contributed by atoms with E-state index in [0.717, 1.165) is 16.7 Å². The highest BCUT2D eigenvalue weighted by Gasteiger charge is 2.31. The fourth-order valence-corrected chi connectivity index (χ4v) is 3.63. The molecule has 2 amide bonds. The van der Waals surface area contributed by atoms with Crippen molar-refractivity contribution in [1.29, 1.82) is 0 Å². The van der Waals surface area contributed by atoms with E-state index in [1.807, 2.05) is 54.6 Å². The minimum Gasteiger partial charge on any atom is -0.327 e. The third-order valence-electron chi connectivity index (χ3n) is 4.97. The molecule has 4 rings (SSSR count). The average Bonchev–Trinajstić information content (AvgIpc) is 2.74. The Kier molecular flexibility index (Phi) is 5.19. The first-order valence-electron chi connectivity index (χ1n) is 9.27. The molecule has 2 N–H and O–H groups in total. The molecular weight excluding hydrogens is 384 g/mol. The highest BCUT2D eigenvalue weighted by Crippen LogP contribution is 2.31. The summed E-state index contributed by atoms with van der Waals surface area (Å²) >= 11 is 5.95. The summed E-state index contributed by atoms with van der Waals surface area (Å²) in [6.07, 6.45) is 0. The number of urea groups is 1. The lowest BCUT2D eigenvalue weighted by atomic mass is 9.89. The molecule has 3 aromatic rings. The second-order valence-electron chi connectivity index (χ2n) is 6.89. The number of amides is 2. The first-order chi connectivity index (χ1) is 14.0. The molecule has 5 heteroatoms. The van der Waals surface area contributed by atoms with Crippen molar-refractivity contribution in [3.8, 4) is 11.1 Å². The Morgan fingerprint density at radius 1 is 0.862 bits per heavy atom. The predicted molar refractivity (Wildman–Crippen MR) is 115 cm³/mol. The van der Waals surface area contributed by atoms with Gasteiger partial charge in [-0.3, -0.25) is 4.79 Å². The third-order valence-corrected chi connectivity index (χ3v) is 5.22. The maximum atomic E-state index is 13.2. The minimum absolute atomic E-state index is 0.149. The number of carbonyl (C=O) groups is 2. The molecule has 0 aromatic heterocycles. The van der Waals surface area contributed by atoms with Crippen LogP contribution in [0.3, 0.4) is 0 Å². The second kappa shape index (κ2) is 7.94. The highest BCUT2D eigenvalue weighted by molar-refractivity contribution is 6.30. The lowest BCUT2D eigenvalue weighted by molar-refractivity contribution is 0.102. The molecule has 29 heavy (non-hydrogen) atoms. The maximum absolute atomic E-state index is 13.2. The lowest BCUT2D eigenvalue weighted by Gasteiger charge is -2.29. The Labute approximate surface area is 174 Å². The van der Waals surface area contributed by atoms with Gasteiger partial charge in [-0.15, -0.1) is 0 Å². The van der Waals surface area contributed by atoms with Crippen molar-refractivity contribution in [1.82, 2.24) is 10.6 Å². The van der Waals surface area contributed by atoms with E-state index in [4.69, 9.17) is 11.6 Å². The molecule has 1 heterocycles. The zero-order chi connectivity index (χ0) is 20.4. The summed E-state index contributed by atoms with van der Waals surface area (Å²) < 4.78 is 0. The van der Waals surface area contributed by atoms with E-state index in [9.17, 15) is 9.59 Å². The Hall–Kier alpha value is -3.37. The highest BCUT2D eigenvalue weighted by atomic mass is 35.5. The van der Waals surface area contributed by atoms with Gasteiger partial charge in [0.05, 0.1) is 6.04 Å². The number of nitrogens with one attached hydrogen (secondary N) is 2. The largest absolute Gasteiger partial charge is 0.327 e. The SMILES string of the molecule is CC1=C(C(=O)c2ccc(Cl)cc2)[C@@H](c2ccc(-c3ccccc3)cc2)NC(=O)N1. The molecule has 0 bridgehead atoms. The molecule has 0 fully saturated rings. The number of ketones is 1. The van der Waals surface area contributed by atoms with E-state index in [1.165, 1.54) is 0 Å². The van der Waals surface area contributed by atoms with Crippen molar-refractivity contribution in [3.63, 3.8) is 0 Å². The van der Waals surface area contributed by atoms with Gasteiger partial charge in [0.2, 0.25) is 0 Å². The van der Waals surface area contributed by atoms with Crippen LogP contribution in [-0.2, 0) is 0 Å². The average molecular weight is 403 g/mol. The van der Waals surface area contributed by atoms with Crippen molar-refractivity contribution in [3.05, 3.63) is 106 Å². The first-order valence-corrected chi connectivity index (χ1v) is 9.64. The number of hydrogen-bond donors (Lipinski definition) is 2. The third kappa shape index (κ3) is 3.93. The van der Waals surface area contributed by atoms with Gasteiger partial charge in [0.25, 0.3) is 0 Å². The molecular formula is C24H19ClN2O2. The molecule has 4 nitrogen and oxygen atoms in total. The predicted octanol–water partition coefficient (Wildman–Crippen LogP) is 5.52. The van der Waals surface area contributed by atoms with Crippen LogP contribution in [0.2, 0.25) is 5.02 Å². The van der Waals surface area contributed by atoms with Crippen LogP contribution in [0.1, 0.15) is 28.9 Å². The summed E-state index contributed by atoms with van der Waals surface area (Å²) in [5.41, 5.74) is 4.60. The van der Waals surface area contributed by atoms with E-state index in [1.54, 1.807) is 31.2 Å². The molecule has 3 aromatic carbocycles. The molecule has 144 valence electrons. The molecule has 0 aliphatic carbocycles. The first kappa shape index (κ1) is 19.0. The van der Waals surface area contributed by atoms with Crippen molar-refractivity contribution in [2.45, 2.75) is 13.0 Å². The standard InChI is InChI=1S/C24H19ClN2O2/c1-15-21(23(28)19-11-13-20(25)14-12-19)22(27-24(29)26-15)18-9-7-17(8-10-18)16-5-3-2-4-6-16/h2-14,22H,1H3,(H2,26,27,29)/t22-/m1/s1. The summed E-state index contributed by atoms with van der Waals surface area (Å²) in [5.74, 6) is -0.149. The van der Waals surface area contributed by atoms with Crippen LogP contribution in [0.4, 0.5) is 4.79 Å². The number of rotatable bonds is 4. The monoisotopic (exact) mass is 402 g/mol. The van der Waals surface area contributed by atoms with Crippen molar-refractivity contribution in [2.24, 2.45) is 0 Å². The number of allylic oxidation sites excluding steroid dienone is 1. The fourth-order valence-electron chi connectivity index (χ4n) is 3.50. The smallest absolute Gasteiger partial charge is 0.319 e. The van der Waals surface area contributed by atoms with Gasteiger partial charge in [0, 0.05) is 21.9 Å². The van der Waals surface area contributed by atoms with Gasteiger partial charge in [-0.1, -0.05) is 66.2 Å². The Bertz CT molecular complexity index is 1090. The second-order valence-corrected chi connectivity index (χ2v) is 7.33. The van der Waals surface area contributed by atoms with Crippen LogP contribution in [0.15, 0.2) is 90.1 Å². The topological polar surface area (TPSA) is 58.2 Å². The summed E-state index contributed by atoms with van der Waals surface area (Å²) in [6, 6.07) is 23.8. The van der Waals surface area contributed by atoms with Crippen molar-refractivity contribution in [2.75, 3.05) is 0 Å². The normalized spacial score (nSPS) is 16.2. The van der Waals surface area contributed by atoms with Gasteiger partial charge >= 0.3 is 6.03 Å². The van der Waals surface area contributed by atoms with E-state index in [-0.39, 0.29) is 11.8 Å². The van der Waals surface area contributed by atoms with E-state index < -0.39 is 6.04 Å². The molecule has 1 aliphatic rings. The Morgan fingerprint density at radius 3 is 2.14 bits per heavy atom. The van der Waals surface area contributed by atoms with Gasteiger partial charge in [-0.05, 0) is 47.9 Å². The number of hydrogen-bond acceptors (Lipinski definition) is 2. The zero-order valence-corrected chi connectivity index (χ0v) is 16.5.